The number of piperidine rings is 1. The first-order valence-corrected chi connectivity index (χ1v) is 36.1. The van der Waals surface area contributed by atoms with Crippen molar-refractivity contribution >= 4 is 272 Å². The number of fused-ring (bicyclic) bond motifs is 7. The van der Waals surface area contributed by atoms with Crippen LogP contribution >= 0.6 is 203 Å². The Hall–Kier alpha value is -0.570. The zero-order valence-electron chi connectivity index (χ0n) is 46.3. The molecule has 0 bridgehead atoms. The van der Waals surface area contributed by atoms with Crippen molar-refractivity contribution in [1.82, 2.24) is 4.90 Å². The maximum atomic E-state index is 14.5. The van der Waals surface area contributed by atoms with E-state index in [1.165, 1.54) is 89.5 Å². The molecule has 6 aromatic rings. The molecule has 0 radical (unpaired) electrons. The van der Waals surface area contributed by atoms with Crippen LogP contribution in [-0.4, -0.2) is 63.1 Å². The summed E-state index contributed by atoms with van der Waals surface area (Å²) >= 11 is 21.0. The van der Waals surface area contributed by atoms with Crippen LogP contribution in [0.1, 0.15) is 134 Å². The number of rotatable bonds is 7. The van der Waals surface area contributed by atoms with E-state index in [1.54, 1.807) is 22.6 Å². The number of halogens is 11. The Kier molecular flexibility index (Phi) is 22.1. The summed E-state index contributed by atoms with van der Waals surface area (Å²) in [6.45, 7) is 20.3. The van der Waals surface area contributed by atoms with Gasteiger partial charge in [-0.3, -0.25) is 24.8 Å². The van der Waals surface area contributed by atoms with Crippen molar-refractivity contribution in [3.05, 3.63) is 144 Å². The molecule has 9 nitrogen and oxygen atoms in total. The number of nitrogens with zero attached hydrogens (tertiary/aromatic N) is 5. The molecule has 20 heteroatoms. The molecule has 432 valence electrons. The van der Waals surface area contributed by atoms with E-state index in [2.05, 4.69) is 295 Å². The van der Waals surface area contributed by atoms with Crippen LogP contribution in [0.2, 0.25) is 0 Å². The third kappa shape index (κ3) is 13.1. The standard InChI is InChI=1S/C17H14I3N.C16H18F2INO2.C15H13I2N.C14H13I3N2O2/c1-9-4-6-11(7-5-9)17(3)10(2)21-13-8-12(18)15(19)16(20)14(13)17;1-9-16(2,7-5-3-4-6-12(21)22)13-11(20-9)8-10(17)15(19)14(13)18;1-8-15(2,3)14-11-6-9(16)7-12(17)10(11)4-5-13(14)18-8;1-7-14(2-4-19(5-3-14)13(20)21)10-9(18-7)6-8(15)11(16)12(10)17/h4-8H,1-3H3;8H,3-7H2,1-2H3,(H,21,22);4-7H,1-3H3;6H,2-5H2,1H3,(H,20,21). The Morgan fingerprint density at radius 3 is 1.70 bits per heavy atom. The first-order chi connectivity index (χ1) is 38.4. The van der Waals surface area contributed by atoms with Gasteiger partial charge in [-0.25, -0.2) is 13.6 Å². The van der Waals surface area contributed by atoms with Gasteiger partial charge in [-0.05, 0) is 323 Å². The second-order valence-corrected chi connectivity index (χ2v) is 32.3. The van der Waals surface area contributed by atoms with Crippen molar-refractivity contribution in [2.45, 2.75) is 129 Å². The van der Waals surface area contributed by atoms with Gasteiger partial charge in [0.1, 0.15) is 11.6 Å². The second kappa shape index (κ2) is 26.9. The van der Waals surface area contributed by atoms with Gasteiger partial charge in [-0.15, -0.1) is 0 Å². The Bertz CT molecular complexity index is 3750. The van der Waals surface area contributed by atoms with E-state index in [9.17, 15) is 18.4 Å². The number of likely N-dealkylation sites (tertiary alicyclic amines) is 1. The molecule has 2 atom stereocenters. The maximum Gasteiger partial charge on any atom is 0.407 e. The van der Waals surface area contributed by atoms with Gasteiger partial charge in [-0.2, -0.15) is 0 Å². The predicted molar refractivity (Wildman–Crippen MR) is 408 cm³/mol. The van der Waals surface area contributed by atoms with Gasteiger partial charge in [-0.1, -0.05) is 69.5 Å². The van der Waals surface area contributed by atoms with Gasteiger partial charge >= 0.3 is 12.1 Å². The smallest absolute Gasteiger partial charge is 0.407 e. The number of aliphatic imine (C=N–C) groups is 4. The summed E-state index contributed by atoms with van der Waals surface area (Å²) in [7, 11) is 0. The monoisotopic (exact) mass is 2120 g/mol. The lowest BCUT2D eigenvalue weighted by Gasteiger charge is -2.39. The number of carboxylic acid groups (broad SMARTS) is 2. The lowest BCUT2D eigenvalue weighted by Crippen LogP contribution is -2.47. The molecule has 82 heavy (non-hydrogen) atoms. The minimum atomic E-state index is -0.815. The summed E-state index contributed by atoms with van der Waals surface area (Å²) in [5.74, 6) is -1.91. The van der Waals surface area contributed by atoms with Crippen LogP contribution in [0, 0.1) is 50.7 Å². The molecule has 11 rings (SSSR count). The van der Waals surface area contributed by atoms with Crippen molar-refractivity contribution in [2.75, 3.05) is 13.1 Å². The Morgan fingerprint density at radius 1 is 0.549 bits per heavy atom. The minimum Gasteiger partial charge on any atom is -0.481 e. The summed E-state index contributed by atoms with van der Waals surface area (Å²) in [5, 5.41) is 20.5. The summed E-state index contributed by atoms with van der Waals surface area (Å²) in [6.07, 6.45) is 3.82. The SMILES string of the molecule is CC1=Nc2cc(F)c(I)c(F)c2C1(C)CCCCCC(=O)O.CC1=Nc2cc(I)c(I)c(I)c2C1(C)c1ccc(C)cc1.CC1=Nc2cc(I)c(I)c(I)c2C12CCN(C(=O)O)CC2.CC1=Nc2ccc3c(I)cc(I)cc3c2C1(C)C. The molecule has 5 heterocycles. The number of aliphatic carboxylic acids is 1. The van der Waals surface area contributed by atoms with E-state index < -0.39 is 29.1 Å². The highest BCUT2D eigenvalue weighted by molar-refractivity contribution is 14.1. The Balaban J connectivity index is 0.000000143. The van der Waals surface area contributed by atoms with Crippen molar-refractivity contribution in [1.29, 1.82) is 0 Å². The normalized spacial score (nSPS) is 19.3. The predicted octanol–water partition coefficient (Wildman–Crippen LogP) is 21.2. The maximum absolute atomic E-state index is 14.5. The second-order valence-electron chi connectivity index (χ2n) is 22.1. The quantitative estimate of drug-likeness (QED) is 0.0937. The third-order valence-corrected chi connectivity index (χ3v) is 29.7. The molecular formula is C62H58F2I9N5O4. The van der Waals surface area contributed by atoms with Crippen LogP contribution in [0.25, 0.3) is 10.8 Å². The highest BCUT2D eigenvalue weighted by atomic mass is 127. The lowest BCUT2D eigenvalue weighted by molar-refractivity contribution is -0.137. The minimum absolute atomic E-state index is 0.00153. The summed E-state index contributed by atoms with van der Waals surface area (Å²) in [4.78, 5) is 41.9. The van der Waals surface area contributed by atoms with Gasteiger partial charge in [0.05, 0.1) is 31.7 Å². The molecule has 1 fully saturated rings. The lowest BCUT2D eigenvalue weighted by atomic mass is 9.71. The van der Waals surface area contributed by atoms with E-state index in [0.717, 1.165) is 54.2 Å². The molecule has 1 amide bonds. The van der Waals surface area contributed by atoms with Gasteiger partial charge in [0.15, 0.2) is 0 Å². The van der Waals surface area contributed by atoms with Gasteiger partial charge in [0.2, 0.25) is 0 Å². The molecular weight excluding hydrogens is 2060 g/mol. The number of carboxylic acids is 1. The molecule has 6 aromatic carbocycles. The van der Waals surface area contributed by atoms with Crippen LogP contribution in [-0.2, 0) is 26.5 Å². The zero-order valence-corrected chi connectivity index (χ0v) is 65.7. The topological polar surface area (TPSA) is 127 Å². The fraction of sp³-hybridized carbons (Fsp3) is 0.355. The van der Waals surface area contributed by atoms with Crippen LogP contribution in [0.3, 0.4) is 0 Å². The Morgan fingerprint density at radius 2 is 1.10 bits per heavy atom. The fourth-order valence-electron chi connectivity index (χ4n) is 11.7. The fourth-order valence-corrected chi connectivity index (χ4v) is 19.3. The summed E-state index contributed by atoms with van der Waals surface area (Å²) < 4.78 is 38.5. The van der Waals surface area contributed by atoms with Crippen LogP contribution < -0.4 is 0 Å². The number of unbranched alkanes of at least 4 members (excludes halogenated alkanes) is 2. The first-order valence-electron chi connectivity index (χ1n) is 26.4. The van der Waals surface area contributed by atoms with E-state index in [1.807, 2.05) is 13.8 Å². The van der Waals surface area contributed by atoms with E-state index in [4.69, 9.17) is 25.2 Å². The number of carbonyl (C=O) groups is 2. The van der Waals surface area contributed by atoms with Crippen molar-refractivity contribution < 1.29 is 28.6 Å². The molecule has 2 unspecified atom stereocenters. The molecule has 5 aliphatic rings. The largest absolute Gasteiger partial charge is 0.481 e. The van der Waals surface area contributed by atoms with Crippen LogP contribution in [0.5, 0.6) is 0 Å². The molecule has 5 aliphatic heterocycles. The van der Waals surface area contributed by atoms with E-state index in [0.29, 0.717) is 37.2 Å². The van der Waals surface area contributed by atoms with Crippen molar-refractivity contribution in [3.8, 4) is 0 Å². The molecule has 0 aliphatic carbocycles. The number of benzene rings is 6. The Labute approximate surface area is 601 Å². The van der Waals surface area contributed by atoms with Gasteiger partial charge < -0.3 is 15.1 Å². The van der Waals surface area contributed by atoms with E-state index in [-0.39, 0.29) is 26.2 Å². The average Bonchev–Trinajstić information content (AvgIpc) is 2.27. The van der Waals surface area contributed by atoms with Gasteiger partial charge in [0.25, 0.3) is 0 Å². The summed E-state index contributed by atoms with van der Waals surface area (Å²) in [6, 6.07) is 23.4. The highest BCUT2D eigenvalue weighted by Crippen LogP contribution is 2.52. The molecule has 1 spiro atoms. The molecule has 1 saturated heterocycles. The number of hydrogen-bond donors (Lipinski definition) is 2. The zero-order chi connectivity index (χ0) is 60.3. The van der Waals surface area contributed by atoms with Crippen molar-refractivity contribution in [3.63, 3.8) is 0 Å². The van der Waals surface area contributed by atoms with Gasteiger partial charge in [0, 0.05) is 110 Å². The average molecular weight is 2120 g/mol. The number of hydrogen-bond acceptors (Lipinski definition) is 6. The number of amides is 1. The summed E-state index contributed by atoms with van der Waals surface area (Å²) in [5.41, 5.74) is 14.5. The van der Waals surface area contributed by atoms with E-state index >= 15 is 0 Å². The van der Waals surface area contributed by atoms with Crippen LogP contribution in [0.4, 0.5) is 36.3 Å². The van der Waals surface area contributed by atoms with Crippen molar-refractivity contribution in [2.24, 2.45) is 20.0 Å². The highest BCUT2D eigenvalue weighted by Gasteiger charge is 2.47. The molecule has 0 saturated carbocycles. The third-order valence-electron chi connectivity index (χ3n) is 17.0. The molecule has 2 N–H and O–H groups in total. The first kappa shape index (κ1) is 67.4. The number of aryl methyl sites for hydroxylation is 1. The van der Waals surface area contributed by atoms with Crippen LogP contribution in [0.15, 0.2) is 86.7 Å². The molecule has 0 aromatic heterocycles.